The summed E-state index contributed by atoms with van der Waals surface area (Å²) in [5.74, 6) is -2.89. The number of nitrogens with zero attached hydrogens (tertiary/aromatic N) is 8. The number of aldehydes is 1. The van der Waals surface area contributed by atoms with E-state index in [0.29, 0.717) is 104 Å². The van der Waals surface area contributed by atoms with Crippen molar-refractivity contribution in [1.82, 2.24) is 31.3 Å². The van der Waals surface area contributed by atoms with Crippen LogP contribution in [0.25, 0.3) is 56.2 Å². The molecule has 124 heavy (non-hydrogen) atoms. The molecule has 10 rings (SSSR count). The Morgan fingerprint density at radius 2 is 0.927 bits per heavy atom. The van der Waals surface area contributed by atoms with E-state index in [1.807, 2.05) is 52.6 Å². The van der Waals surface area contributed by atoms with Crippen molar-refractivity contribution < 1.29 is 85.6 Å². The lowest BCUT2D eigenvalue weighted by molar-refractivity contribution is -0.383. The van der Waals surface area contributed by atoms with Crippen molar-refractivity contribution in [3.63, 3.8) is 0 Å². The van der Waals surface area contributed by atoms with Gasteiger partial charge in [-0.15, -0.1) is 9.18 Å². The number of rotatable bonds is 46. The van der Waals surface area contributed by atoms with E-state index in [9.17, 15) is 68.5 Å². The first-order valence-electron chi connectivity index (χ1n) is 39.8. The first kappa shape index (κ1) is 97.4. The maximum absolute atomic E-state index is 12.7. The maximum Gasteiger partial charge on any atom is 0.349 e. The zero-order valence-electron chi connectivity index (χ0n) is 69.0. The molecule has 7 N–H and O–H groups in total. The molecule has 0 fully saturated rings. The molecule has 0 aliphatic heterocycles. The van der Waals surface area contributed by atoms with Crippen LogP contribution in [0.15, 0.2) is 184 Å². The summed E-state index contributed by atoms with van der Waals surface area (Å²) in [6.45, 7) is 14.2. The lowest BCUT2D eigenvalue weighted by Crippen LogP contribution is -2.31. The number of ether oxygens (including phenoxy) is 4. The van der Waals surface area contributed by atoms with Crippen LogP contribution in [-0.4, -0.2) is 184 Å². The van der Waals surface area contributed by atoms with Crippen molar-refractivity contribution in [2.24, 2.45) is 0 Å². The molecule has 4 amide bonds. The van der Waals surface area contributed by atoms with Crippen molar-refractivity contribution in [3.05, 3.63) is 220 Å². The number of aromatic nitrogens is 4. The van der Waals surface area contributed by atoms with Crippen LogP contribution >= 0.6 is 9.18 Å². The Balaban J connectivity index is 0.000000369. The monoisotopic (exact) mass is 1730 g/mol. The SMILES string of the molecule is C.C.CCN(CC)c1ccc2cc(C(=O)NCCOCCOC(=O)C(/C=C/c3ccc(NC(=O)CCCCCNc4ccc([N+](=O)[O-])c5nonc45)cc3)=C/C=O)c(=O)oc2c1.CCN(CC)c1ccc2cc(C(=O)NCCOCCOC(=O)C(/C=C/c3ccc(NC(=O)CCCCCNc4ccc([N+](=O)[O-])c5nonc45)cc3)=C/CO)c(=O)oc2c1.[2H]PC. The van der Waals surface area contributed by atoms with Gasteiger partial charge in [-0.05, 0) is 182 Å². The van der Waals surface area contributed by atoms with Crippen molar-refractivity contribution in [3.8, 4) is 0 Å². The van der Waals surface area contributed by atoms with Crippen molar-refractivity contribution >= 4 is 153 Å². The van der Waals surface area contributed by atoms with Gasteiger partial charge in [-0.3, -0.25) is 44.2 Å². The highest BCUT2D eigenvalue weighted by molar-refractivity contribution is 7.15. The molecule has 36 nitrogen and oxygen atoms in total. The van der Waals surface area contributed by atoms with Gasteiger partial charge in [0, 0.05) is 123 Å². The number of nitro groups is 2. The van der Waals surface area contributed by atoms with Gasteiger partial charge in [-0.25, -0.2) is 28.4 Å². The number of carbonyl (C=O) groups is 7. The predicted molar refractivity (Wildman–Crippen MR) is 478 cm³/mol. The number of nitro benzene ring substituents is 2. The number of hydrogen-bond donors (Lipinski definition) is 7. The molecule has 1 unspecified atom stereocenters. The number of hydrogen-bond acceptors (Lipinski definition) is 30. The van der Waals surface area contributed by atoms with Crippen LogP contribution in [-0.2, 0) is 42.9 Å². The van der Waals surface area contributed by atoms with Crippen LogP contribution in [0.5, 0.6) is 0 Å². The largest absolute Gasteiger partial charge is 0.460 e. The topological polar surface area (TPSA) is 480 Å². The number of anilines is 6. The number of amides is 4. The summed E-state index contributed by atoms with van der Waals surface area (Å²) in [4.78, 5) is 137. The van der Waals surface area contributed by atoms with Gasteiger partial charge in [0.1, 0.15) is 41.8 Å². The minimum Gasteiger partial charge on any atom is -0.460 e. The molecule has 4 aromatic heterocycles. The number of aliphatic hydroxyl groups is 1. The number of unbranched alkanes of at least 4 members (excludes halogenated alkanes) is 4. The summed E-state index contributed by atoms with van der Waals surface area (Å²) in [6.07, 6.45) is 14.1. The molecule has 660 valence electrons. The highest BCUT2D eigenvalue weighted by atomic mass is 31.0. The molecule has 4 heterocycles. The molecule has 0 aliphatic rings. The second kappa shape index (κ2) is 52.5. The molecule has 0 spiro atoms. The van der Waals surface area contributed by atoms with E-state index in [-0.39, 0.29) is 142 Å². The summed E-state index contributed by atoms with van der Waals surface area (Å²) in [5.41, 5.74) is 5.18. The quantitative estimate of drug-likeness (QED) is 0.00214. The van der Waals surface area contributed by atoms with Crippen molar-refractivity contribution in [1.29, 1.82) is 1.28 Å². The Bertz CT molecular complexity index is 5510. The van der Waals surface area contributed by atoms with E-state index in [2.05, 4.69) is 71.6 Å². The number of nitrogens with one attached hydrogen (secondary N) is 6. The zero-order chi connectivity index (χ0) is 88.4. The third-order valence-corrected chi connectivity index (χ3v) is 18.5. The Morgan fingerprint density at radius 3 is 1.32 bits per heavy atom. The standard InChI is InChI=1S/C42H47N7O11.C42H45N7O11.CH5P.2CH4/c2*1-3-48(4-2)32-16-13-30-26-33(42(54)59-36(30)27-32)40(52)44-21-23-57-24-25-58-41(53)29(19-22-50)12-9-28-10-14-31(15-11-28)45-37(51)8-6-5-7-20-43-34-17-18-35(49(55)56)39-38(34)46-60-47-39;1-2;;/h9-19,26-27,43,50H,3-8,20-25H2,1-2H3,(H,44,52)(H,45,51);9-19,22,26-27,43H,3-8,20-21,23-25H2,1-2H3,(H,44,52)(H,45,51);2H2,1H3;2*1H4/b2*12-9+,29-19+;;;/i;;2D;;. The highest BCUT2D eigenvalue weighted by Gasteiger charge is 2.23. The van der Waals surface area contributed by atoms with Gasteiger partial charge in [-0.2, -0.15) is 0 Å². The van der Waals surface area contributed by atoms with Gasteiger partial charge < -0.3 is 74.6 Å². The summed E-state index contributed by atoms with van der Waals surface area (Å²) < 4.78 is 47.9. The fraction of sp³-hybridized carbons (Fsp3) is 0.345. The fourth-order valence-corrected chi connectivity index (χ4v) is 12.2. The zero-order valence-corrected chi connectivity index (χ0v) is 69.0. The molecular weight excluding hydrogens is 1620 g/mol. The number of non-ortho nitro benzene ring substituents is 2. The normalized spacial score (nSPS) is 11.4. The lowest BCUT2D eigenvalue weighted by Gasteiger charge is -2.21. The number of aliphatic hydroxyl groups excluding tert-OH is 1. The number of carbonyl (C=O) groups excluding carboxylic acids is 7. The van der Waals surface area contributed by atoms with Crippen molar-refractivity contribution in [2.75, 3.05) is 136 Å². The minimum absolute atomic E-state index is 0. The molecule has 0 saturated carbocycles. The molecule has 37 heteroatoms. The molecule has 1 atom stereocenters. The second-order valence-corrected chi connectivity index (χ2v) is 26.5. The number of esters is 2. The number of fused-ring (bicyclic) bond motifs is 4. The third-order valence-electron chi connectivity index (χ3n) is 18.5. The Kier molecular flexibility index (Phi) is 41.2. The van der Waals surface area contributed by atoms with E-state index >= 15 is 0 Å². The summed E-state index contributed by atoms with van der Waals surface area (Å²) >= 11 is 0. The van der Waals surface area contributed by atoms with E-state index in [4.69, 9.17) is 29.1 Å². The Labute approximate surface area is 717 Å². The number of benzene rings is 6. The summed E-state index contributed by atoms with van der Waals surface area (Å²) in [6, 6.07) is 33.7. The van der Waals surface area contributed by atoms with Gasteiger partial charge in [0.05, 0.1) is 66.7 Å². The van der Waals surface area contributed by atoms with Gasteiger partial charge in [0.2, 0.25) is 22.8 Å². The molecule has 0 radical (unpaired) electrons. The molecular formula is C87H105N14O22P. The van der Waals surface area contributed by atoms with E-state index < -0.39 is 44.9 Å². The van der Waals surface area contributed by atoms with Crippen LogP contribution in [0, 0.1) is 20.2 Å². The molecule has 10 aromatic rings. The fourth-order valence-electron chi connectivity index (χ4n) is 12.2. The minimum atomic E-state index is -0.747. The Hall–Kier alpha value is -13.7. The van der Waals surface area contributed by atoms with Crippen molar-refractivity contribution in [2.45, 2.75) is 93.9 Å². The number of allylic oxidation sites excluding steroid dienone is 1. The van der Waals surface area contributed by atoms with Crippen LogP contribution in [0.2, 0.25) is 0 Å². The van der Waals surface area contributed by atoms with Crippen LogP contribution in [0.1, 0.15) is 126 Å². The summed E-state index contributed by atoms with van der Waals surface area (Å²) in [5, 5.41) is 65.1. The van der Waals surface area contributed by atoms with Gasteiger partial charge in [-0.1, -0.05) is 70.8 Å². The van der Waals surface area contributed by atoms with Gasteiger partial charge in [0.15, 0.2) is 11.0 Å². The Morgan fingerprint density at radius 1 is 0.524 bits per heavy atom. The van der Waals surface area contributed by atoms with E-state index in [1.54, 1.807) is 91.0 Å². The molecule has 0 bridgehead atoms. The van der Waals surface area contributed by atoms with E-state index in [1.165, 1.54) is 42.5 Å². The van der Waals surface area contributed by atoms with Crippen LogP contribution < -0.4 is 53.0 Å². The first-order chi connectivity index (χ1) is 59.6. The maximum atomic E-state index is 12.7. The van der Waals surface area contributed by atoms with Crippen LogP contribution in [0.3, 0.4) is 0 Å². The molecule has 0 saturated heterocycles. The lowest BCUT2D eigenvalue weighted by atomic mass is 10.1. The molecule has 0 aliphatic carbocycles. The average molecular weight is 1730 g/mol. The first-order valence-corrected chi connectivity index (χ1v) is 40.3. The average Bonchev–Trinajstić information content (AvgIpc) is 0.985. The predicted octanol–water partition coefficient (Wildman–Crippen LogP) is 13.2. The van der Waals surface area contributed by atoms with E-state index in [0.717, 1.165) is 74.9 Å². The highest BCUT2D eigenvalue weighted by Crippen LogP contribution is 2.31. The summed E-state index contributed by atoms with van der Waals surface area (Å²) in [7, 11) is 0.333. The van der Waals surface area contributed by atoms with Gasteiger partial charge >= 0.3 is 34.6 Å². The second-order valence-electron chi connectivity index (χ2n) is 26.5. The smallest absolute Gasteiger partial charge is 0.349 e. The van der Waals surface area contributed by atoms with Gasteiger partial charge in [0.25, 0.3) is 11.8 Å². The molecule has 6 aromatic carbocycles. The third kappa shape index (κ3) is 29.9. The van der Waals surface area contributed by atoms with Crippen LogP contribution in [0.4, 0.5) is 45.5 Å².